The van der Waals surface area contributed by atoms with Crippen LogP contribution in [0.5, 0.6) is 0 Å². The molecule has 1 nitrogen and oxygen atoms in total. The van der Waals surface area contributed by atoms with Crippen molar-refractivity contribution < 1.29 is 5.11 Å². The normalized spacial score (nSPS) is 12.4. The Kier molecular flexibility index (Phi) is 10.2. The third kappa shape index (κ3) is 11.5. The van der Waals surface area contributed by atoms with E-state index in [0.29, 0.717) is 0 Å². The molecule has 1 N–H and O–H groups in total. The van der Waals surface area contributed by atoms with Crippen LogP contribution in [0, 0.1) is 12.3 Å². The monoisotopic (exact) mass is 196 g/mol. The van der Waals surface area contributed by atoms with Crippen molar-refractivity contribution >= 4 is 0 Å². The minimum atomic E-state index is -0.120. The molecule has 0 rings (SSSR count). The van der Waals surface area contributed by atoms with Crippen LogP contribution in [0.15, 0.2) is 0 Å². The van der Waals surface area contributed by atoms with Crippen LogP contribution in [0.2, 0.25) is 0 Å². The molecule has 0 aliphatic rings. The number of hydrogen-bond acceptors (Lipinski definition) is 1. The third-order valence-electron chi connectivity index (χ3n) is 2.44. The fourth-order valence-corrected chi connectivity index (χ4v) is 1.55. The van der Waals surface area contributed by atoms with Gasteiger partial charge in [-0.2, -0.15) is 0 Å². The summed E-state index contributed by atoms with van der Waals surface area (Å²) in [6.07, 6.45) is 15.8. The molecule has 1 unspecified atom stereocenters. The lowest BCUT2D eigenvalue weighted by atomic mass is 10.1. The van der Waals surface area contributed by atoms with Gasteiger partial charge >= 0.3 is 0 Å². The van der Waals surface area contributed by atoms with Gasteiger partial charge < -0.3 is 5.11 Å². The molecule has 0 saturated carbocycles. The average molecular weight is 196 g/mol. The molecule has 0 bridgehead atoms. The molecular weight excluding hydrogens is 172 g/mol. The Morgan fingerprint density at radius 2 is 1.50 bits per heavy atom. The second kappa shape index (κ2) is 10.6. The van der Waals surface area contributed by atoms with Gasteiger partial charge in [0.15, 0.2) is 0 Å². The number of aliphatic hydroxyl groups is 1. The van der Waals surface area contributed by atoms with Crippen LogP contribution in [-0.2, 0) is 0 Å². The highest BCUT2D eigenvalue weighted by atomic mass is 16.3. The van der Waals surface area contributed by atoms with E-state index in [1.54, 1.807) is 0 Å². The minimum Gasteiger partial charge on any atom is -0.393 e. The van der Waals surface area contributed by atoms with Crippen molar-refractivity contribution in [3.63, 3.8) is 0 Å². The summed E-state index contributed by atoms with van der Waals surface area (Å²) in [6, 6.07) is 0. The zero-order valence-electron chi connectivity index (χ0n) is 9.47. The molecule has 0 aromatic rings. The maximum atomic E-state index is 9.03. The van der Waals surface area contributed by atoms with Crippen molar-refractivity contribution in [1.29, 1.82) is 0 Å². The fourth-order valence-electron chi connectivity index (χ4n) is 1.55. The number of rotatable bonds is 9. The van der Waals surface area contributed by atoms with Crippen molar-refractivity contribution in [3.05, 3.63) is 0 Å². The maximum absolute atomic E-state index is 9.03. The predicted molar refractivity (Wildman–Crippen MR) is 62.1 cm³/mol. The van der Waals surface area contributed by atoms with E-state index in [1.807, 2.05) is 6.92 Å². The van der Waals surface area contributed by atoms with Crippen molar-refractivity contribution in [1.82, 2.24) is 0 Å². The highest BCUT2D eigenvalue weighted by Crippen LogP contribution is 2.10. The summed E-state index contributed by atoms with van der Waals surface area (Å²) in [4.78, 5) is 0. The Morgan fingerprint density at radius 1 is 1.00 bits per heavy atom. The minimum absolute atomic E-state index is 0.120. The van der Waals surface area contributed by atoms with Crippen molar-refractivity contribution in [2.45, 2.75) is 70.8 Å². The Hall–Kier alpha value is -0.480. The molecule has 0 amide bonds. The summed E-state index contributed by atoms with van der Waals surface area (Å²) < 4.78 is 0. The lowest BCUT2D eigenvalue weighted by Gasteiger charge is -2.03. The predicted octanol–water partition coefficient (Wildman–Crippen LogP) is 3.51. The zero-order valence-corrected chi connectivity index (χ0v) is 9.47. The van der Waals surface area contributed by atoms with Gasteiger partial charge in [-0.3, -0.25) is 0 Å². The maximum Gasteiger partial charge on any atom is 0.0512 e. The summed E-state index contributed by atoms with van der Waals surface area (Å²) in [5, 5.41) is 9.03. The van der Waals surface area contributed by atoms with Gasteiger partial charge in [-0.05, 0) is 19.8 Å². The first-order valence-electron chi connectivity index (χ1n) is 5.89. The van der Waals surface area contributed by atoms with Gasteiger partial charge in [0, 0.05) is 6.42 Å². The molecule has 0 aliphatic carbocycles. The summed E-state index contributed by atoms with van der Waals surface area (Å²) in [7, 11) is 0. The summed E-state index contributed by atoms with van der Waals surface area (Å²) in [5.74, 6) is 2.66. The van der Waals surface area contributed by atoms with Crippen LogP contribution < -0.4 is 0 Å². The van der Waals surface area contributed by atoms with Crippen LogP contribution in [0.1, 0.15) is 64.7 Å². The van der Waals surface area contributed by atoms with E-state index in [0.717, 1.165) is 12.8 Å². The van der Waals surface area contributed by atoms with Crippen molar-refractivity contribution in [2.24, 2.45) is 0 Å². The molecule has 82 valence electrons. The van der Waals surface area contributed by atoms with E-state index in [9.17, 15) is 0 Å². The first-order valence-corrected chi connectivity index (χ1v) is 5.89. The van der Waals surface area contributed by atoms with Gasteiger partial charge in [0.05, 0.1) is 6.10 Å². The standard InChI is InChI=1S/C13H24O/c1-3-4-5-6-7-8-9-10-11-12-13(2)14/h1,13-14H,4-12H2,2H3. The second-order valence-corrected chi connectivity index (χ2v) is 4.07. The lowest BCUT2D eigenvalue weighted by Crippen LogP contribution is -1.98. The van der Waals surface area contributed by atoms with E-state index in [1.165, 1.54) is 44.9 Å². The van der Waals surface area contributed by atoms with E-state index in [4.69, 9.17) is 11.5 Å². The Labute approximate surface area is 88.9 Å². The van der Waals surface area contributed by atoms with E-state index >= 15 is 0 Å². The van der Waals surface area contributed by atoms with Crippen molar-refractivity contribution in [3.8, 4) is 12.3 Å². The smallest absolute Gasteiger partial charge is 0.0512 e. The fraction of sp³-hybridized carbons (Fsp3) is 0.846. The van der Waals surface area contributed by atoms with Crippen LogP contribution in [0.4, 0.5) is 0 Å². The number of aliphatic hydroxyl groups excluding tert-OH is 1. The van der Waals surface area contributed by atoms with Crippen LogP contribution >= 0.6 is 0 Å². The second-order valence-electron chi connectivity index (χ2n) is 4.07. The molecule has 0 heterocycles. The van der Waals surface area contributed by atoms with Crippen molar-refractivity contribution in [2.75, 3.05) is 0 Å². The molecule has 1 heteroatoms. The highest BCUT2D eigenvalue weighted by Gasteiger charge is 1.95. The zero-order chi connectivity index (χ0) is 10.6. The quantitative estimate of drug-likeness (QED) is 0.442. The molecule has 0 aliphatic heterocycles. The molecule has 0 aromatic heterocycles. The largest absolute Gasteiger partial charge is 0.393 e. The van der Waals surface area contributed by atoms with E-state index in [2.05, 4.69) is 5.92 Å². The number of hydrogen-bond donors (Lipinski definition) is 1. The SMILES string of the molecule is C#CCCCCCCCCCC(C)O. The number of terminal acetylenes is 1. The molecule has 1 atom stereocenters. The molecule has 0 radical (unpaired) electrons. The summed E-state index contributed by atoms with van der Waals surface area (Å²) in [5.41, 5.74) is 0. The first kappa shape index (κ1) is 13.5. The molecule has 0 aromatic carbocycles. The van der Waals surface area contributed by atoms with Crippen LogP contribution in [0.25, 0.3) is 0 Å². The van der Waals surface area contributed by atoms with Gasteiger partial charge in [-0.15, -0.1) is 12.3 Å². The molecule has 0 spiro atoms. The van der Waals surface area contributed by atoms with Gasteiger partial charge in [0.25, 0.3) is 0 Å². The first-order chi connectivity index (χ1) is 6.77. The lowest BCUT2D eigenvalue weighted by molar-refractivity contribution is 0.180. The molecule has 0 saturated heterocycles. The Bertz CT molecular complexity index is 144. The summed E-state index contributed by atoms with van der Waals surface area (Å²) >= 11 is 0. The van der Waals surface area contributed by atoms with E-state index < -0.39 is 0 Å². The van der Waals surface area contributed by atoms with Crippen LogP contribution in [0.3, 0.4) is 0 Å². The number of unbranched alkanes of at least 4 members (excludes halogenated alkanes) is 7. The average Bonchev–Trinajstić information content (AvgIpc) is 2.15. The third-order valence-corrected chi connectivity index (χ3v) is 2.44. The van der Waals surface area contributed by atoms with Crippen LogP contribution in [-0.4, -0.2) is 11.2 Å². The van der Waals surface area contributed by atoms with Gasteiger partial charge in [-0.25, -0.2) is 0 Å². The molecule has 0 fully saturated rings. The Balaban J connectivity index is 2.89. The highest BCUT2D eigenvalue weighted by molar-refractivity contribution is 4.82. The topological polar surface area (TPSA) is 20.2 Å². The summed E-state index contributed by atoms with van der Waals surface area (Å²) in [6.45, 7) is 1.86. The molecular formula is C13H24O. The molecule has 14 heavy (non-hydrogen) atoms. The van der Waals surface area contributed by atoms with E-state index in [-0.39, 0.29) is 6.10 Å². The van der Waals surface area contributed by atoms with Gasteiger partial charge in [0.1, 0.15) is 0 Å². The van der Waals surface area contributed by atoms with Gasteiger partial charge in [0.2, 0.25) is 0 Å². The Morgan fingerprint density at radius 3 is 2.00 bits per heavy atom. The van der Waals surface area contributed by atoms with Gasteiger partial charge in [-0.1, -0.05) is 38.5 Å².